The number of fused-ring (bicyclic) bond motifs is 1. The molecule has 1 aliphatic heterocycles. The van der Waals surface area contributed by atoms with Gasteiger partial charge in [0.05, 0.1) is 24.4 Å². The van der Waals surface area contributed by atoms with Crippen molar-refractivity contribution < 1.29 is 36.2 Å². The van der Waals surface area contributed by atoms with Crippen LogP contribution < -0.4 is 13.8 Å². The second-order valence-corrected chi connectivity index (χ2v) is 10.1. The van der Waals surface area contributed by atoms with Crippen LogP contribution in [0.25, 0.3) is 12.2 Å². The lowest BCUT2D eigenvalue weighted by Gasteiger charge is -2.30. The Balaban J connectivity index is 1.73. The Labute approximate surface area is 216 Å². The first kappa shape index (κ1) is 26.8. The molecule has 2 aromatic carbocycles. The molecule has 3 aromatic rings. The number of rotatable bonds is 8. The molecule has 0 saturated heterocycles. The number of halogens is 4. The summed E-state index contributed by atoms with van der Waals surface area (Å²) in [5.41, 5.74) is -0.447. The molecule has 0 amide bonds. The summed E-state index contributed by atoms with van der Waals surface area (Å²) < 4.78 is 81.2. The van der Waals surface area contributed by atoms with Crippen LogP contribution in [0, 0.1) is 0 Å². The van der Waals surface area contributed by atoms with Gasteiger partial charge in [-0.3, -0.25) is 8.99 Å². The molecule has 1 N–H and O–H groups in total. The van der Waals surface area contributed by atoms with E-state index in [-0.39, 0.29) is 53.4 Å². The minimum atomic E-state index is -4.60. The molecule has 8 nitrogen and oxygen atoms in total. The summed E-state index contributed by atoms with van der Waals surface area (Å²) in [6.07, 6.45) is -0.600. The van der Waals surface area contributed by atoms with Gasteiger partial charge in [-0.25, -0.2) is 8.42 Å². The average molecular weight is 558 g/mol. The fourth-order valence-corrected chi connectivity index (χ4v) is 5.55. The van der Waals surface area contributed by atoms with Gasteiger partial charge in [-0.1, -0.05) is 35.9 Å². The molecule has 0 saturated carbocycles. The predicted molar refractivity (Wildman–Crippen MR) is 132 cm³/mol. The van der Waals surface area contributed by atoms with Crippen molar-refractivity contribution >= 4 is 39.5 Å². The summed E-state index contributed by atoms with van der Waals surface area (Å²) in [6.45, 7) is 1.79. The van der Waals surface area contributed by atoms with Crippen molar-refractivity contribution in [2.45, 2.75) is 24.5 Å². The summed E-state index contributed by atoms with van der Waals surface area (Å²) >= 11 is 6.04. The largest absolute Gasteiger partial charge is 0.489 e. The standard InChI is InChI=1S/C24H23ClF3N3O5S/c1-2-30-15-22(23(29-30)36-13-11-32)37(33,34)31-10-12-35-21-9-7-16(14-20(21)31)6-8-17-18(24(26,27)28)4-3-5-19(17)25/h3-9,14-15,32H,2,10-13H2,1H3/b8-6+. The third-order valence-corrected chi connectivity index (χ3v) is 7.65. The van der Waals surface area contributed by atoms with Crippen molar-refractivity contribution in [1.29, 1.82) is 0 Å². The van der Waals surface area contributed by atoms with Crippen molar-refractivity contribution in [3.63, 3.8) is 0 Å². The summed E-state index contributed by atoms with van der Waals surface area (Å²) in [7, 11) is -4.17. The molecule has 0 spiro atoms. The molecule has 2 heterocycles. The van der Waals surface area contributed by atoms with Gasteiger partial charge in [0.1, 0.15) is 19.0 Å². The van der Waals surface area contributed by atoms with Gasteiger partial charge in [-0.2, -0.15) is 13.2 Å². The maximum absolute atomic E-state index is 13.7. The van der Waals surface area contributed by atoms with Crippen LogP contribution >= 0.6 is 11.6 Å². The van der Waals surface area contributed by atoms with Crippen LogP contribution in [0.2, 0.25) is 5.02 Å². The number of aromatic nitrogens is 2. The predicted octanol–water partition coefficient (Wildman–Crippen LogP) is 4.70. The van der Waals surface area contributed by atoms with Gasteiger partial charge < -0.3 is 14.6 Å². The molecular weight excluding hydrogens is 535 g/mol. The van der Waals surface area contributed by atoms with Crippen LogP contribution in [0.4, 0.5) is 18.9 Å². The van der Waals surface area contributed by atoms with E-state index in [1.807, 2.05) is 0 Å². The highest BCUT2D eigenvalue weighted by atomic mass is 35.5. The number of aliphatic hydroxyl groups excluding tert-OH is 1. The van der Waals surface area contributed by atoms with E-state index in [1.165, 1.54) is 41.2 Å². The van der Waals surface area contributed by atoms with E-state index in [0.29, 0.717) is 17.9 Å². The van der Waals surface area contributed by atoms with Gasteiger partial charge in [0.25, 0.3) is 15.9 Å². The maximum atomic E-state index is 13.7. The molecule has 13 heteroatoms. The van der Waals surface area contributed by atoms with Crippen LogP contribution in [0.15, 0.2) is 47.5 Å². The Bertz CT molecular complexity index is 1420. The third-order valence-electron chi connectivity index (χ3n) is 5.52. The molecule has 1 aromatic heterocycles. The van der Waals surface area contributed by atoms with E-state index >= 15 is 0 Å². The Morgan fingerprint density at radius 2 is 2.03 bits per heavy atom. The highest BCUT2D eigenvalue weighted by molar-refractivity contribution is 7.93. The molecule has 0 unspecified atom stereocenters. The lowest BCUT2D eigenvalue weighted by Crippen LogP contribution is -2.38. The number of hydrogen-bond donors (Lipinski definition) is 1. The number of sulfonamides is 1. The molecule has 4 rings (SSSR count). The number of ether oxygens (including phenoxy) is 2. The molecule has 0 bridgehead atoms. The molecule has 37 heavy (non-hydrogen) atoms. The summed E-state index contributed by atoms with van der Waals surface area (Å²) in [4.78, 5) is -0.178. The van der Waals surface area contributed by atoms with E-state index in [2.05, 4.69) is 5.10 Å². The zero-order valence-corrected chi connectivity index (χ0v) is 21.1. The second kappa shape index (κ2) is 10.6. The number of benzene rings is 2. The SMILES string of the molecule is CCn1cc(S(=O)(=O)N2CCOc3ccc(/C=C/c4c(Cl)cccc4C(F)(F)F)cc32)c(OCCO)n1. The number of nitrogens with zero attached hydrogens (tertiary/aromatic N) is 3. The second-order valence-electron chi connectivity index (χ2n) is 7.91. The topological polar surface area (TPSA) is 93.9 Å². The molecule has 0 atom stereocenters. The smallest absolute Gasteiger partial charge is 0.417 e. The molecular formula is C24H23ClF3N3O5S. The lowest BCUT2D eigenvalue weighted by molar-refractivity contribution is -0.137. The fraction of sp³-hybridized carbons (Fsp3) is 0.292. The van der Waals surface area contributed by atoms with Crippen LogP contribution in [0.1, 0.15) is 23.6 Å². The maximum Gasteiger partial charge on any atom is 0.417 e. The van der Waals surface area contributed by atoms with Gasteiger partial charge >= 0.3 is 6.18 Å². The monoisotopic (exact) mass is 557 g/mol. The normalized spacial score (nSPS) is 14.1. The Hall–Kier alpha value is -3.22. The van der Waals surface area contributed by atoms with Gasteiger partial charge in [-0.15, -0.1) is 5.10 Å². The van der Waals surface area contributed by atoms with E-state index in [1.54, 1.807) is 19.1 Å². The summed E-state index contributed by atoms with van der Waals surface area (Å²) in [5, 5.41) is 13.2. The fourth-order valence-electron chi connectivity index (χ4n) is 3.78. The van der Waals surface area contributed by atoms with Crippen molar-refractivity contribution in [3.05, 3.63) is 64.3 Å². The van der Waals surface area contributed by atoms with Crippen molar-refractivity contribution in [2.24, 2.45) is 0 Å². The van der Waals surface area contributed by atoms with Crippen molar-refractivity contribution in [2.75, 3.05) is 30.7 Å². The molecule has 198 valence electrons. The van der Waals surface area contributed by atoms with E-state index < -0.39 is 21.8 Å². The highest BCUT2D eigenvalue weighted by Gasteiger charge is 2.35. The third kappa shape index (κ3) is 5.55. The van der Waals surface area contributed by atoms with Crippen molar-refractivity contribution in [1.82, 2.24) is 9.78 Å². The number of aliphatic hydroxyl groups is 1. The Morgan fingerprint density at radius 1 is 1.24 bits per heavy atom. The van der Waals surface area contributed by atoms with Gasteiger partial charge in [0.2, 0.25) is 0 Å². The molecule has 0 radical (unpaired) electrons. The van der Waals surface area contributed by atoms with Crippen LogP contribution in [-0.4, -0.2) is 49.7 Å². The van der Waals surface area contributed by atoms with Crippen molar-refractivity contribution in [3.8, 4) is 11.6 Å². The number of anilines is 1. The number of alkyl halides is 3. The van der Waals surface area contributed by atoms with Crippen LogP contribution in [0.3, 0.4) is 0 Å². The first-order chi connectivity index (χ1) is 17.6. The number of aryl methyl sites for hydroxylation is 1. The minimum absolute atomic E-state index is 0.0119. The van der Waals surface area contributed by atoms with Gasteiger partial charge in [0.15, 0.2) is 4.90 Å². The van der Waals surface area contributed by atoms with E-state index in [9.17, 15) is 21.6 Å². The molecule has 1 aliphatic rings. The van der Waals surface area contributed by atoms with Crippen LogP contribution in [0.5, 0.6) is 11.6 Å². The first-order valence-corrected chi connectivity index (χ1v) is 13.0. The zero-order chi connectivity index (χ0) is 26.8. The first-order valence-electron chi connectivity index (χ1n) is 11.2. The van der Waals surface area contributed by atoms with E-state index in [4.69, 9.17) is 26.2 Å². The summed E-state index contributed by atoms with van der Waals surface area (Å²) in [6, 6.07) is 8.17. The Morgan fingerprint density at radius 3 is 2.73 bits per heavy atom. The van der Waals surface area contributed by atoms with Gasteiger partial charge in [-0.05, 0) is 36.8 Å². The van der Waals surface area contributed by atoms with E-state index in [0.717, 1.165) is 10.4 Å². The minimum Gasteiger partial charge on any atom is -0.489 e. The lowest BCUT2D eigenvalue weighted by atomic mass is 10.0. The molecule has 0 aliphatic carbocycles. The molecule has 0 fully saturated rings. The average Bonchev–Trinajstić information content (AvgIpc) is 3.30. The Kier molecular flexibility index (Phi) is 7.72. The number of hydrogen-bond acceptors (Lipinski definition) is 6. The highest BCUT2D eigenvalue weighted by Crippen LogP contribution is 2.39. The summed E-state index contributed by atoms with van der Waals surface area (Å²) in [5.74, 6) is 0.153. The van der Waals surface area contributed by atoms with Gasteiger partial charge in [0, 0.05) is 23.3 Å². The quantitative estimate of drug-likeness (QED) is 0.403. The zero-order valence-electron chi connectivity index (χ0n) is 19.6. The van der Waals surface area contributed by atoms with Crippen LogP contribution in [-0.2, 0) is 22.7 Å².